The van der Waals surface area contributed by atoms with Gasteiger partial charge in [0.1, 0.15) is 0 Å². The lowest BCUT2D eigenvalue weighted by Gasteiger charge is -2.21. The Morgan fingerprint density at radius 2 is 1.77 bits per heavy atom. The van der Waals surface area contributed by atoms with Crippen molar-refractivity contribution in [1.29, 1.82) is 0 Å². The molecule has 0 atom stereocenters. The van der Waals surface area contributed by atoms with E-state index >= 15 is 0 Å². The fourth-order valence-corrected chi connectivity index (χ4v) is 2.55. The van der Waals surface area contributed by atoms with Gasteiger partial charge in [0.05, 0.1) is 0 Å². The Morgan fingerprint density at radius 3 is 2.36 bits per heavy atom. The molecule has 116 valence electrons. The van der Waals surface area contributed by atoms with Gasteiger partial charge in [-0.05, 0) is 42.0 Å². The zero-order chi connectivity index (χ0) is 15.9. The normalized spacial score (nSPS) is 10.5. The van der Waals surface area contributed by atoms with Crippen LogP contribution in [0.2, 0.25) is 0 Å². The molecular formula is C16H16F2N2S2. The number of hydrogen-bond acceptors (Lipinski definition) is 2. The summed E-state index contributed by atoms with van der Waals surface area (Å²) in [7, 11) is 1.91. The second-order valence-corrected chi connectivity index (χ2v) is 6.12. The average molecular weight is 338 g/mol. The summed E-state index contributed by atoms with van der Waals surface area (Å²) in [6.07, 6.45) is 0. The van der Waals surface area contributed by atoms with Gasteiger partial charge in [-0.25, -0.2) is 0 Å². The molecule has 1 N–H and O–H groups in total. The molecule has 0 aromatic heterocycles. The number of alkyl halides is 2. The summed E-state index contributed by atoms with van der Waals surface area (Å²) < 4.78 is 24.5. The molecule has 0 saturated heterocycles. The van der Waals surface area contributed by atoms with E-state index in [0.29, 0.717) is 28.3 Å². The van der Waals surface area contributed by atoms with Crippen molar-refractivity contribution < 1.29 is 8.78 Å². The number of thiocarbonyl (C=S) groups is 1. The number of anilines is 1. The van der Waals surface area contributed by atoms with Crippen LogP contribution in [0.1, 0.15) is 5.56 Å². The number of benzene rings is 2. The second-order valence-electron chi connectivity index (χ2n) is 4.67. The summed E-state index contributed by atoms with van der Waals surface area (Å²) in [6.45, 7) is 0.700. The Kier molecular flexibility index (Phi) is 6.15. The Morgan fingerprint density at radius 1 is 1.14 bits per heavy atom. The highest BCUT2D eigenvalue weighted by atomic mass is 32.2. The largest absolute Gasteiger partial charge is 0.348 e. The van der Waals surface area contributed by atoms with E-state index in [4.69, 9.17) is 12.2 Å². The van der Waals surface area contributed by atoms with E-state index in [-0.39, 0.29) is 0 Å². The number of rotatable bonds is 5. The molecule has 0 radical (unpaired) electrons. The van der Waals surface area contributed by atoms with Gasteiger partial charge < -0.3 is 10.2 Å². The summed E-state index contributed by atoms with van der Waals surface area (Å²) in [6, 6.07) is 16.8. The highest BCUT2D eigenvalue weighted by Crippen LogP contribution is 2.26. The molecule has 0 aliphatic heterocycles. The van der Waals surface area contributed by atoms with Crippen molar-refractivity contribution in [1.82, 2.24) is 4.90 Å². The van der Waals surface area contributed by atoms with Crippen LogP contribution in [-0.2, 0) is 6.54 Å². The van der Waals surface area contributed by atoms with Gasteiger partial charge in [0, 0.05) is 24.2 Å². The zero-order valence-electron chi connectivity index (χ0n) is 12.0. The predicted molar refractivity (Wildman–Crippen MR) is 92.4 cm³/mol. The lowest BCUT2D eigenvalue weighted by molar-refractivity contribution is 0.252. The first-order chi connectivity index (χ1) is 10.5. The van der Waals surface area contributed by atoms with Crippen LogP contribution in [0.5, 0.6) is 0 Å². The minimum absolute atomic E-state index is 0.530. The predicted octanol–water partition coefficient (Wildman–Crippen LogP) is 4.83. The Balaban J connectivity index is 1.90. The summed E-state index contributed by atoms with van der Waals surface area (Å²) >= 11 is 5.88. The van der Waals surface area contributed by atoms with Crippen molar-refractivity contribution in [2.45, 2.75) is 17.2 Å². The van der Waals surface area contributed by atoms with Crippen molar-refractivity contribution in [2.75, 3.05) is 12.4 Å². The van der Waals surface area contributed by atoms with Crippen molar-refractivity contribution in [3.63, 3.8) is 0 Å². The first-order valence-electron chi connectivity index (χ1n) is 6.65. The topological polar surface area (TPSA) is 15.3 Å². The standard InChI is InChI=1S/C16H16F2N2S2/c1-20(11-12-5-3-2-4-6-12)16(21)19-13-7-9-14(10-8-13)22-15(17)18/h2-10,15H,11H2,1H3,(H,19,21). The van der Waals surface area contributed by atoms with E-state index in [9.17, 15) is 8.78 Å². The van der Waals surface area contributed by atoms with E-state index in [1.54, 1.807) is 24.3 Å². The second kappa shape index (κ2) is 8.10. The number of hydrogen-bond donors (Lipinski definition) is 1. The van der Waals surface area contributed by atoms with Crippen LogP contribution in [0, 0.1) is 0 Å². The van der Waals surface area contributed by atoms with Gasteiger partial charge in [-0.3, -0.25) is 0 Å². The average Bonchev–Trinajstić information content (AvgIpc) is 2.49. The fourth-order valence-electron chi connectivity index (χ4n) is 1.87. The molecule has 0 bridgehead atoms. The van der Waals surface area contributed by atoms with Gasteiger partial charge in [0.2, 0.25) is 0 Å². The Labute approximate surface area is 138 Å². The van der Waals surface area contributed by atoms with Crippen molar-refractivity contribution in [3.05, 3.63) is 60.2 Å². The van der Waals surface area contributed by atoms with Crippen LogP contribution in [0.25, 0.3) is 0 Å². The third kappa shape index (κ3) is 5.27. The number of halogens is 2. The van der Waals surface area contributed by atoms with Crippen LogP contribution in [0.4, 0.5) is 14.5 Å². The van der Waals surface area contributed by atoms with Crippen LogP contribution < -0.4 is 5.32 Å². The summed E-state index contributed by atoms with van der Waals surface area (Å²) in [5, 5.41) is 3.68. The molecule has 6 heteroatoms. The lowest BCUT2D eigenvalue weighted by atomic mass is 10.2. The third-order valence-electron chi connectivity index (χ3n) is 2.94. The lowest BCUT2D eigenvalue weighted by Crippen LogP contribution is -2.30. The molecule has 2 aromatic carbocycles. The molecule has 0 aliphatic rings. The minimum atomic E-state index is -2.41. The zero-order valence-corrected chi connectivity index (χ0v) is 13.6. The van der Waals surface area contributed by atoms with Crippen molar-refractivity contribution in [2.24, 2.45) is 0 Å². The van der Waals surface area contributed by atoms with Crippen LogP contribution >= 0.6 is 24.0 Å². The molecule has 0 unspecified atom stereocenters. The van der Waals surface area contributed by atoms with E-state index in [1.165, 1.54) is 0 Å². The van der Waals surface area contributed by atoms with Crippen molar-refractivity contribution in [3.8, 4) is 0 Å². The van der Waals surface area contributed by atoms with E-state index in [1.807, 2.05) is 42.3 Å². The first kappa shape index (κ1) is 16.7. The maximum atomic E-state index is 12.3. The molecule has 2 nitrogen and oxygen atoms in total. The molecule has 2 rings (SSSR count). The van der Waals surface area contributed by atoms with Gasteiger partial charge in [-0.1, -0.05) is 42.1 Å². The molecule has 22 heavy (non-hydrogen) atoms. The molecule has 0 heterocycles. The molecule has 2 aromatic rings. The van der Waals surface area contributed by atoms with Gasteiger partial charge in [0.15, 0.2) is 5.11 Å². The summed E-state index contributed by atoms with van der Waals surface area (Å²) in [5.41, 5.74) is 1.95. The monoisotopic (exact) mass is 338 g/mol. The van der Waals surface area contributed by atoms with E-state index < -0.39 is 5.76 Å². The molecule has 0 saturated carbocycles. The van der Waals surface area contributed by atoms with Gasteiger partial charge >= 0.3 is 0 Å². The summed E-state index contributed by atoms with van der Waals surface area (Å²) in [5.74, 6) is -2.41. The number of nitrogens with zero attached hydrogens (tertiary/aromatic N) is 1. The molecular weight excluding hydrogens is 322 g/mol. The summed E-state index contributed by atoms with van der Waals surface area (Å²) in [4.78, 5) is 2.45. The van der Waals surface area contributed by atoms with Crippen LogP contribution in [0.3, 0.4) is 0 Å². The maximum Gasteiger partial charge on any atom is 0.288 e. The smallest absolute Gasteiger partial charge is 0.288 e. The maximum absolute atomic E-state index is 12.3. The van der Waals surface area contributed by atoms with E-state index in [0.717, 1.165) is 11.3 Å². The van der Waals surface area contributed by atoms with Gasteiger partial charge in [-0.2, -0.15) is 8.78 Å². The first-order valence-corrected chi connectivity index (χ1v) is 7.94. The van der Waals surface area contributed by atoms with Gasteiger partial charge in [0.25, 0.3) is 5.76 Å². The Bertz CT molecular complexity index is 603. The highest BCUT2D eigenvalue weighted by Gasteiger charge is 2.07. The molecule has 0 amide bonds. The molecule has 0 fully saturated rings. The number of thioether (sulfide) groups is 1. The fraction of sp³-hybridized carbons (Fsp3) is 0.188. The highest BCUT2D eigenvalue weighted by molar-refractivity contribution is 7.99. The molecule has 0 spiro atoms. The van der Waals surface area contributed by atoms with Gasteiger partial charge in [-0.15, -0.1) is 0 Å². The SMILES string of the molecule is CN(Cc1ccccc1)C(=S)Nc1ccc(SC(F)F)cc1. The number of nitrogens with one attached hydrogen (secondary N) is 1. The Hall–Kier alpha value is -1.66. The quantitative estimate of drug-likeness (QED) is 0.620. The molecule has 0 aliphatic carbocycles. The minimum Gasteiger partial charge on any atom is -0.348 e. The van der Waals surface area contributed by atoms with Crippen LogP contribution in [0.15, 0.2) is 59.5 Å². The van der Waals surface area contributed by atoms with Crippen LogP contribution in [-0.4, -0.2) is 22.8 Å². The van der Waals surface area contributed by atoms with E-state index in [2.05, 4.69) is 5.32 Å². The van der Waals surface area contributed by atoms with Crippen molar-refractivity contribution >= 4 is 34.8 Å². The third-order valence-corrected chi connectivity index (χ3v) is 4.08.